The van der Waals surface area contributed by atoms with E-state index < -0.39 is 0 Å². The highest BCUT2D eigenvalue weighted by atomic mass is 16.3. The van der Waals surface area contributed by atoms with Gasteiger partial charge in [0.25, 0.3) is 5.91 Å². The highest BCUT2D eigenvalue weighted by Gasteiger charge is 2.20. The molecule has 5 nitrogen and oxygen atoms in total. The Balaban J connectivity index is 2.35. The van der Waals surface area contributed by atoms with Gasteiger partial charge in [0.15, 0.2) is 5.69 Å². The molecule has 1 aromatic carbocycles. The molecule has 2 rings (SSSR count). The van der Waals surface area contributed by atoms with Crippen molar-refractivity contribution < 1.29 is 9.90 Å². The Kier molecular flexibility index (Phi) is 4.16. The van der Waals surface area contributed by atoms with Gasteiger partial charge in [-0.2, -0.15) is 5.10 Å². The van der Waals surface area contributed by atoms with E-state index in [1.165, 1.54) is 0 Å². The van der Waals surface area contributed by atoms with E-state index in [2.05, 4.69) is 5.10 Å². The largest absolute Gasteiger partial charge is 0.396 e. The molecule has 0 bridgehead atoms. The lowest BCUT2D eigenvalue weighted by molar-refractivity contribution is 0.0749. The molecule has 2 aromatic rings. The summed E-state index contributed by atoms with van der Waals surface area (Å²) in [4.78, 5) is 14.2. The molecule has 1 amide bonds. The van der Waals surface area contributed by atoms with Gasteiger partial charge in [-0.05, 0) is 19.4 Å². The second-order valence-electron chi connectivity index (χ2n) is 4.45. The number of para-hydroxylation sites is 1. The van der Waals surface area contributed by atoms with Crippen molar-refractivity contribution in [1.82, 2.24) is 14.7 Å². The Morgan fingerprint density at radius 1 is 1.42 bits per heavy atom. The summed E-state index contributed by atoms with van der Waals surface area (Å²) in [5.41, 5.74) is 1.43. The molecule has 0 unspecified atom stereocenters. The van der Waals surface area contributed by atoms with Gasteiger partial charge in [0.2, 0.25) is 0 Å². The summed E-state index contributed by atoms with van der Waals surface area (Å²) in [6.07, 6.45) is 0.588. The fraction of sp³-hybridized carbons (Fsp3) is 0.429. The van der Waals surface area contributed by atoms with Crippen LogP contribution in [0, 0.1) is 0 Å². The third-order valence-electron chi connectivity index (χ3n) is 3.22. The summed E-state index contributed by atoms with van der Waals surface area (Å²) in [5.74, 6) is -0.0762. The molecule has 0 saturated heterocycles. The number of aliphatic hydroxyl groups excluding tert-OH is 1. The first kappa shape index (κ1) is 13.5. The fourth-order valence-corrected chi connectivity index (χ4v) is 2.19. The first-order chi connectivity index (χ1) is 9.19. The van der Waals surface area contributed by atoms with Gasteiger partial charge in [0, 0.05) is 32.1 Å². The first-order valence-corrected chi connectivity index (χ1v) is 6.51. The first-order valence-electron chi connectivity index (χ1n) is 6.51. The topological polar surface area (TPSA) is 58.4 Å². The lowest BCUT2D eigenvalue weighted by Crippen LogP contribution is -2.32. The van der Waals surface area contributed by atoms with Gasteiger partial charge in [0.05, 0.1) is 5.52 Å². The van der Waals surface area contributed by atoms with Crippen molar-refractivity contribution in [2.45, 2.75) is 13.3 Å². The molecule has 0 radical (unpaired) electrons. The highest BCUT2D eigenvalue weighted by molar-refractivity contribution is 6.04. The maximum absolute atomic E-state index is 12.5. The van der Waals surface area contributed by atoms with Crippen LogP contribution in [0.15, 0.2) is 24.3 Å². The Bertz CT molecular complexity index is 577. The number of hydrogen-bond acceptors (Lipinski definition) is 3. The third-order valence-corrected chi connectivity index (χ3v) is 3.22. The third kappa shape index (κ3) is 2.61. The van der Waals surface area contributed by atoms with Crippen molar-refractivity contribution in [2.75, 3.05) is 19.7 Å². The van der Waals surface area contributed by atoms with E-state index in [0.29, 0.717) is 25.2 Å². The zero-order valence-electron chi connectivity index (χ0n) is 11.3. The number of aryl methyl sites for hydroxylation is 1. The molecule has 19 heavy (non-hydrogen) atoms. The highest BCUT2D eigenvalue weighted by Crippen LogP contribution is 2.19. The average Bonchev–Trinajstić information content (AvgIpc) is 2.77. The van der Waals surface area contributed by atoms with E-state index in [1.54, 1.807) is 9.58 Å². The van der Waals surface area contributed by atoms with Crippen LogP contribution >= 0.6 is 0 Å². The van der Waals surface area contributed by atoms with Gasteiger partial charge < -0.3 is 10.0 Å². The minimum atomic E-state index is -0.0762. The number of carbonyl (C=O) groups is 1. The number of benzene rings is 1. The Morgan fingerprint density at radius 3 is 2.84 bits per heavy atom. The molecule has 0 atom stereocenters. The smallest absolute Gasteiger partial charge is 0.274 e. The average molecular weight is 261 g/mol. The van der Waals surface area contributed by atoms with Crippen LogP contribution < -0.4 is 0 Å². The number of aromatic nitrogens is 2. The number of rotatable bonds is 5. The molecule has 1 aromatic heterocycles. The molecule has 0 aliphatic carbocycles. The maximum atomic E-state index is 12.5. The second kappa shape index (κ2) is 5.84. The summed E-state index contributed by atoms with van der Waals surface area (Å²) in [5, 5.41) is 14.1. The summed E-state index contributed by atoms with van der Waals surface area (Å²) >= 11 is 0. The van der Waals surface area contributed by atoms with E-state index >= 15 is 0 Å². The van der Waals surface area contributed by atoms with E-state index in [1.807, 2.05) is 38.2 Å². The van der Waals surface area contributed by atoms with Crippen LogP contribution in [0.3, 0.4) is 0 Å². The number of aliphatic hydroxyl groups is 1. The van der Waals surface area contributed by atoms with Crippen molar-refractivity contribution in [3.8, 4) is 0 Å². The van der Waals surface area contributed by atoms with Crippen LogP contribution in [-0.4, -0.2) is 45.4 Å². The lowest BCUT2D eigenvalue weighted by Gasteiger charge is -2.19. The fourth-order valence-electron chi connectivity index (χ4n) is 2.19. The molecule has 0 aliphatic rings. The van der Waals surface area contributed by atoms with Crippen LogP contribution in [0.25, 0.3) is 10.9 Å². The van der Waals surface area contributed by atoms with Crippen molar-refractivity contribution in [3.05, 3.63) is 30.0 Å². The van der Waals surface area contributed by atoms with Crippen molar-refractivity contribution in [2.24, 2.45) is 7.05 Å². The van der Waals surface area contributed by atoms with E-state index in [9.17, 15) is 4.79 Å². The summed E-state index contributed by atoms with van der Waals surface area (Å²) in [6, 6.07) is 7.70. The van der Waals surface area contributed by atoms with Crippen molar-refractivity contribution in [3.63, 3.8) is 0 Å². The van der Waals surface area contributed by atoms with Gasteiger partial charge in [-0.1, -0.05) is 18.2 Å². The lowest BCUT2D eigenvalue weighted by atomic mass is 10.2. The van der Waals surface area contributed by atoms with Crippen LogP contribution in [-0.2, 0) is 7.05 Å². The number of fused-ring (bicyclic) bond motifs is 1. The Morgan fingerprint density at radius 2 is 2.16 bits per heavy atom. The van der Waals surface area contributed by atoms with E-state index in [-0.39, 0.29) is 12.5 Å². The van der Waals surface area contributed by atoms with Crippen LogP contribution in [0.1, 0.15) is 23.8 Å². The molecule has 5 heteroatoms. The van der Waals surface area contributed by atoms with E-state index in [4.69, 9.17) is 5.11 Å². The Labute approximate surface area is 112 Å². The van der Waals surface area contributed by atoms with Crippen molar-refractivity contribution in [1.29, 1.82) is 0 Å². The summed E-state index contributed by atoms with van der Waals surface area (Å²) < 4.78 is 1.72. The zero-order chi connectivity index (χ0) is 13.8. The molecule has 0 saturated carbocycles. The molecule has 0 aliphatic heterocycles. The van der Waals surface area contributed by atoms with E-state index in [0.717, 1.165) is 10.9 Å². The van der Waals surface area contributed by atoms with Crippen LogP contribution in [0.5, 0.6) is 0 Å². The predicted octanol–water partition coefficient (Wildman–Crippen LogP) is 1.42. The van der Waals surface area contributed by atoms with Gasteiger partial charge in [0.1, 0.15) is 0 Å². The number of amides is 1. The SMILES string of the molecule is CCN(CCCO)C(=O)c1nn(C)c2ccccc12. The van der Waals surface area contributed by atoms with Crippen molar-refractivity contribution >= 4 is 16.8 Å². The minimum Gasteiger partial charge on any atom is -0.396 e. The number of carbonyl (C=O) groups excluding carboxylic acids is 1. The zero-order valence-corrected chi connectivity index (χ0v) is 11.3. The number of hydrogen-bond donors (Lipinski definition) is 1. The Hall–Kier alpha value is -1.88. The van der Waals surface area contributed by atoms with Gasteiger partial charge >= 0.3 is 0 Å². The molecular formula is C14H19N3O2. The number of nitrogens with zero attached hydrogens (tertiary/aromatic N) is 3. The molecule has 1 N–H and O–H groups in total. The molecular weight excluding hydrogens is 242 g/mol. The quantitative estimate of drug-likeness (QED) is 0.885. The van der Waals surface area contributed by atoms with Crippen LogP contribution in [0.2, 0.25) is 0 Å². The summed E-state index contributed by atoms with van der Waals surface area (Å²) in [7, 11) is 1.84. The second-order valence-corrected chi connectivity index (χ2v) is 4.45. The summed E-state index contributed by atoms with van der Waals surface area (Å²) in [6.45, 7) is 3.19. The molecule has 102 valence electrons. The monoisotopic (exact) mass is 261 g/mol. The van der Waals surface area contributed by atoms with Gasteiger partial charge in [-0.3, -0.25) is 9.48 Å². The van der Waals surface area contributed by atoms with Gasteiger partial charge in [-0.15, -0.1) is 0 Å². The normalized spacial score (nSPS) is 10.9. The minimum absolute atomic E-state index is 0.0762. The molecule has 0 spiro atoms. The molecule has 0 fully saturated rings. The van der Waals surface area contributed by atoms with Crippen LogP contribution in [0.4, 0.5) is 0 Å². The van der Waals surface area contributed by atoms with Gasteiger partial charge in [-0.25, -0.2) is 0 Å². The maximum Gasteiger partial charge on any atom is 0.274 e. The standard InChI is InChI=1S/C14H19N3O2/c1-3-17(9-6-10-18)14(19)13-11-7-4-5-8-12(11)16(2)15-13/h4-5,7-8,18H,3,6,9-10H2,1-2H3. The predicted molar refractivity (Wildman–Crippen MR) is 74.0 cm³/mol. The molecule has 1 heterocycles.